The molecule has 0 radical (unpaired) electrons. The minimum Gasteiger partial charge on any atom is -0.383 e. The number of allylic oxidation sites excluding steroid dienone is 2. The zero-order chi connectivity index (χ0) is 46.7. The van der Waals surface area contributed by atoms with Gasteiger partial charge < -0.3 is 31.7 Å². The maximum atomic E-state index is 15.6. The van der Waals surface area contributed by atoms with Crippen LogP contribution in [0.15, 0.2) is 113 Å². The van der Waals surface area contributed by atoms with Crippen LogP contribution in [0.5, 0.6) is 0 Å². The molecule has 17 heteroatoms. The number of nitrogens with one attached hydrogen (secondary N) is 6. The normalized spacial score (nSPS) is 15.8. The number of benzene rings is 3. The maximum absolute atomic E-state index is 15.6. The van der Waals surface area contributed by atoms with Crippen LogP contribution < -0.4 is 37.0 Å². The van der Waals surface area contributed by atoms with Gasteiger partial charge >= 0.3 is 0 Å². The molecule has 3 aliphatic rings. The molecule has 5 amide bonds. The predicted octanol–water partition coefficient (Wildman–Crippen LogP) is 6.17. The second-order valence-corrected chi connectivity index (χ2v) is 17.0. The Morgan fingerprint density at radius 1 is 0.970 bits per heavy atom. The van der Waals surface area contributed by atoms with Crippen LogP contribution in [-0.4, -0.2) is 78.4 Å². The molecule has 15 nitrogen and oxygen atoms in total. The number of anilines is 3. The first-order chi connectivity index (χ1) is 31.9. The molecule has 0 bridgehead atoms. The number of nitrogens with two attached hydrogens (primary N) is 1. The quantitative estimate of drug-likeness (QED) is 0.0229. The van der Waals surface area contributed by atoms with Gasteiger partial charge in [-0.3, -0.25) is 39.0 Å². The van der Waals surface area contributed by atoms with Crippen LogP contribution in [0.3, 0.4) is 0 Å². The third-order valence-electron chi connectivity index (χ3n) is 11.6. The lowest BCUT2D eigenvalue weighted by atomic mass is 9.95. The van der Waals surface area contributed by atoms with Crippen LogP contribution >= 0.6 is 11.9 Å². The molecule has 342 valence electrons. The molecular formula is C49H52FN9O6S. The maximum Gasteiger partial charge on any atom is 0.261 e. The minimum absolute atomic E-state index is 0.0527. The number of nitrogen functional groups attached to an aromatic ring is 1. The van der Waals surface area contributed by atoms with Crippen molar-refractivity contribution < 1.29 is 33.2 Å². The highest BCUT2D eigenvalue weighted by Gasteiger charge is 2.44. The van der Waals surface area contributed by atoms with Crippen molar-refractivity contribution >= 4 is 65.0 Å². The van der Waals surface area contributed by atoms with E-state index in [0.717, 1.165) is 23.0 Å². The molecule has 66 heavy (non-hydrogen) atoms. The molecule has 3 heterocycles. The van der Waals surface area contributed by atoms with Gasteiger partial charge in [-0.2, -0.15) is 0 Å². The molecule has 2 aliphatic heterocycles. The number of hydrogen-bond donors (Lipinski definition) is 7. The lowest BCUT2D eigenvalue weighted by Gasteiger charge is -2.30. The number of nitrogens with zero attached hydrogens (tertiary/aromatic N) is 2. The summed E-state index contributed by atoms with van der Waals surface area (Å²) in [7, 11) is 1.85. The molecule has 8 N–H and O–H groups in total. The topological polar surface area (TPSA) is 217 Å². The van der Waals surface area contributed by atoms with Gasteiger partial charge in [0, 0.05) is 75.5 Å². The van der Waals surface area contributed by atoms with Gasteiger partial charge in [0.2, 0.25) is 23.6 Å². The van der Waals surface area contributed by atoms with Crippen molar-refractivity contribution in [3.05, 3.63) is 125 Å². The number of carbonyl (C=O) groups excluding carboxylic acids is 6. The highest BCUT2D eigenvalue weighted by molar-refractivity contribution is 8.00. The summed E-state index contributed by atoms with van der Waals surface area (Å²) in [6.45, 7) is 5.14. The molecule has 1 unspecified atom stereocenters. The van der Waals surface area contributed by atoms with Crippen molar-refractivity contribution in [2.75, 3.05) is 42.5 Å². The summed E-state index contributed by atoms with van der Waals surface area (Å²) >= 11 is 1.23. The molecule has 1 aromatic heterocycles. The Morgan fingerprint density at radius 2 is 1.80 bits per heavy atom. The van der Waals surface area contributed by atoms with Crippen LogP contribution in [0.4, 0.5) is 21.6 Å². The number of pyridine rings is 1. The van der Waals surface area contributed by atoms with Gasteiger partial charge in [0.1, 0.15) is 24.0 Å². The first kappa shape index (κ1) is 46.9. The molecule has 4 aromatic rings. The highest BCUT2D eigenvalue weighted by atomic mass is 32.2. The zero-order valence-corrected chi connectivity index (χ0v) is 37.4. The van der Waals surface area contributed by atoms with E-state index in [-0.39, 0.29) is 43.0 Å². The zero-order valence-electron chi connectivity index (χ0n) is 36.6. The number of unbranched alkanes of at least 4 members (excludes halogenated alkanes) is 2. The van der Waals surface area contributed by atoms with Crippen molar-refractivity contribution in [1.82, 2.24) is 31.2 Å². The average molecular weight is 914 g/mol. The number of piperidine rings is 1. The molecular weight excluding hydrogens is 862 g/mol. The standard InChI is InChI=1S/C49H52FN9O6S/c1-29-37-10-7-11-41(46(37)49(65)59(29)42-17-18-44(62)57-48(42)64)54-27-45(63)53-20-5-3-4-12-43(61)56-34-8-6-9-35(24-34)58-66-36-15-16-38(40(50)25-36)33-23-39(47(51)55-26-33)31-13-14-32(28-60)30(22-31)19-21-52-2/h6,8-9,11,13-16,22-26,28,42,52,54,58H,1,3-5,7,10,12,17-21,27H2,2H3,(H2,51,55)(H,53,63)(H,56,61)(H,57,62,64). The lowest BCUT2D eigenvalue weighted by Crippen LogP contribution is -2.52. The number of amides is 5. The largest absolute Gasteiger partial charge is 0.383 e. The highest BCUT2D eigenvalue weighted by Crippen LogP contribution is 2.40. The SMILES string of the molecule is C=C1C2=C(C(=O)N1C1CCC(=O)NC1=O)C(NCC(=O)NCCCCCC(=O)Nc1cccc(NSc3ccc(-c4cnc(N)c(-c5ccc(C=O)c(CCNC)c5)c4)c(F)c3)c1)=CCC2. The molecule has 0 spiro atoms. The van der Waals surface area contributed by atoms with Gasteiger partial charge in [0.15, 0.2) is 0 Å². The van der Waals surface area contributed by atoms with E-state index in [0.29, 0.717) is 119 Å². The summed E-state index contributed by atoms with van der Waals surface area (Å²) in [5, 5.41) is 14.3. The molecule has 1 saturated heterocycles. The van der Waals surface area contributed by atoms with E-state index in [9.17, 15) is 28.8 Å². The minimum atomic E-state index is -0.809. The Labute approximate surface area is 386 Å². The van der Waals surface area contributed by atoms with E-state index < -0.39 is 17.8 Å². The van der Waals surface area contributed by atoms with Gasteiger partial charge in [-0.15, -0.1) is 0 Å². The Hall–Kier alpha value is -7.11. The smallest absolute Gasteiger partial charge is 0.261 e. The summed E-state index contributed by atoms with van der Waals surface area (Å²) in [5.41, 5.74) is 13.5. The van der Waals surface area contributed by atoms with Crippen LogP contribution in [0.25, 0.3) is 22.3 Å². The Morgan fingerprint density at radius 3 is 2.59 bits per heavy atom. The summed E-state index contributed by atoms with van der Waals surface area (Å²) in [4.78, 5) is 81.1. The van der Waals surface area contributed by atoms with Crippen molar-refractivity contribution in [3.63, 3.8) is 0 Å². The number of aldehydes is 1. The Balaban J connectivity index is 0.818. The van der Waals surface area contributed by atoms with Crippen LogP contribution in [-0.2, 0) is 30.4 Å². The summed E-state index contributed by atoms with van der Waals surface area (Å²) < 4.78 is 18.8. The summed E-state index contributed by atoms with van der Waals surface area (Å²) in [6, 6.07) is 18.6. The number of halogens is 1. The summed E-state index contributed by atoms with van der Waals surface area (Å²) in [6.07, 6.45) is 8.77. The molecule has 0 saturated carbocycles. The van der Waals surface area contributed by atoms with E-state index in [1.807, 2.05) is 31.3 Å². The molecule has 1 atom stereocenters. The van der Waals surface area contributed by atoms with Crippen molar-refractivity contribution in [3.8, 4) is 22.3 Å². The first-order valence-electron chi connectivity index (χ1n) is 21.9. The fraction of sp³-hybridized carbons (Fsp3) is 0.286. The van der Waals surface area contributed by atoms with Crippen molar-refractivity contribution in [2.24, 2.45) is 0 Å². The van der Waals surface area contributed by atoms with Crippen LogP contribution in [0, 0.1) is 5.82 Å². The van der Waals surface area contributed by atoms with Crippen molar-refractivity contribution in [2.45, 2.75) is 68.7 Å². The van der Waals surface area contributed by atoms with Crippen molar-refractivity contribution in [1.29, 1.82) is 0 Å². The van der Waals surface area contributed by atoms with Gasteiger partial charge in [0.25, 0.3) is 5.91 Å². The Bertz CT molecular complexity index is 2650. The van der Waals surface area contributed by atoms with Gasteiger partial charge in [0.05, 0.1) is 12.1 Å². The number of likely N-dealkylation sites (N-methyl/N-ethyl adjacent to an activating group) is 1. The van der Waals surface area contributed by atoms with E-state index >= 15 is 4.39 Å². The monoisotopic (exact) mass is 913 g/mol. The molecule has 3 aromatic carbocycles. The Kier molecular flexibility index (Phi) is 15.4. The number of hydrogen-bond acceptors (Lipinski definition) is 12. The number of rotatable bonds is 20. The van der Waals surface area contributed by atoms with E-state index in [1.54, 1.807) is 42.5 Å². The average Bonchev–Trinajstić information content (AvgIpc) is 3.56. The number of imide groups is 1. The molecule has 1 fully saturated rings. The second kappa shape index (κ2) is 21.7. The lowest BCUT2D eigenvalue weighted by molar-refractivity contribution is -0.141. The van der Waals surface area contributed by atoms with Gasteiger partial charge in [-0.1, -0.05) is 49.4 Å². The molecule has 7 rings (SSSR count). The number of aromatic nitrogens is 1. The third-order valence-corrected chi connectivity index (χ3v) is 12.4. The van der Waals surface area contributed by atoms with Gasteiger partial charge in [-0.05, 0) is 117 Å². The first-order valence-corrected chi connectivity index (χ1v) is 22.7. The van der Waals surface area contributed by atoms with Gasteiger partial charge in [-0.25, -0.2) is 9.37 Å². The fourth-order valence-electron chi connectivity index (χ4n) is 8.16. The molecule has 1 aliphatic carbocycles. The fourth-order valence-corrected chi connectivity index (χ4v) is 8.82. The van der Waals surface area contributed by atoms with E-state index in [2.05, 4.69) is 42.9 Å². The van der Waals surface area contributed by atoms with E-state index in [1.165, 1.54) is 29.1 Å². The van der Waals surface area contributed by atoms with Crippen LogP contribution in [0.2, 0.25) is 0 Å². The third kappa shape index (κ3) is 11.2. The van der Waals surface area contributed by atoms with E-state index in [4.69, 9.17) is 5.73 Å². The second-order valence-electron chi connectivity index (χ2n) is 16.1. The predicted molar refractivity (Wildman–Crippen MR) is 253 cm³/mol. The number of carbonyl (C=O) groups is 6. The summed E-state index contributed by atoms with van der Waals surface area (Å²) in [5.74, 6) is -1.79. The van der Waals surface area contributed by atoms with Crippen LogP contribution in [0.1, 0.15) is 67.3 Å².